The van der Waals surface area contributed by atoms with Crippen LogP contribution in [-0.4, -0.2) is 32.3 Å². The average molecular weight is 397 g/mol. The molecule has 0 unspecified atom stereocenters. The predicted molar refractivity (Wildman–Crippen MR) is 115 cm³/mol. The summed E-state index contributed by atoms with van der Waals surface area (Å²) in [5.74, 6) is 0.827. The van der Waals surface area contributed by atoms with Crippen molar-refractivity contribution >= 4 is 5.97 Å². The van der Waals surface area contributed by atoms with Crippen LogP contribution in [0.15, 0.2) is 48.5 Å². The van der Waals surface area contributed by atoms with Crippen molar-refractivity contribution in [3.05, 3.63) is 65.2 Å². The molecule has 1 heterocycles. The van der Waals surface area contributed by atoms with E-state index in [1.165, 1.54) is 12.7 Å². The van der Waals surface area contributed by atoms with E-state index in [0.29, 0.717) is 12.5 Å². The number of nitrogens with one attached hydrogen (secondary N) is 2. The van der Waals surface area contributed by atoms with Crippen molar-refractivity contribution in [2.75, 3.05) is 14.2 Å². The third-order valence-electron chi connectivity index (χ3n) is 5.86. The molecule has 0 saturated carbocycles. The van der Waals surface area contributed by atoms with Gasteiger partial charge in [-0.15, -0.1) is 0 Å². The van der Waals surface area contributed by atoms with E-state index in [2.05, 4.69) is 48.7 Å². The second kappa shape index (κ2) is 9.42. The number of methoxy groups -OCH3 is 2. The van der Waals surface area contributed by atoms with Crippen LogP contribution in [0.3, 0.4) is 0 Å². The molecule has 1 aliphatic rings. The maximum Gasteiger partial charge on any atom is 0.311 e. The summed E-state index contributed by atoms with van der Waals surface area (Å²) in [5.41, 5.74) is 3.52. The minimum atomic E-state index is -0.274. The van der Waals surface area contributed by atoms with Gasteiger partial charge < -0.3 is 20.1 Å². The number of hydrogen-bond donors (Lipinski definition) is 2. The zero-order chi connectivity index (χ0) is 21.0. The Balaban J connectivity index is 1.88. The number of carbonyl (C=O) groups excluding carboxylic acids is 1. The van der Waals surface area contributed by atoms with Crippen LogP contribution >= 0.6 is 0 Å². The second-order valence-electron chi connectivity index (χ2n) is 8.03. The fourth-order valence-corrected chi connectivity index (χ4v) is 4.23. The highest BCUT2D eigenvalue weighted by atomic mass is 16.5. The fourth-order valence-electron chi connectivity index (χ4n) is 4.23. The average Bonchev–Trinajstić information content (AvgIpc) is 3.08. The molecule has 2 aromatic carbocycles. The van der Waals surface area contributed by atoms with E-state index >= 15 is 0 Å². The molecular weight excluding hydrogens is 364 g/mol. The Morgan fingerprint density at radius 1 is 1.14 bits per heavy atom. The molecule has 1 saturated heterocycles. The Bertz CT molecular complexity index is 822. The van der Waals surface area contributed by atoms with Gasteiger partial charge in [-0.1, -0.05) is 56.3 Å². The van der Waals surface area contributed by atoms with Gasteiger partial charge in [-0.2, -0.15) is 0 Å². The quantitative estimate of drug-likeness (QED) is 0.697. The van der Waals surface area contributed by atoms with Crippen LogP contribution in [0.5, 0.6) is 5.75 Å². The van der Waals surface area contributed by atoms with Gasteiger partial charge in [0.05, 0.1) is 20.1 Å². The van der Waals surface area contributed by atoms with Crippen molar-refractivity contribution in [3.63, 3.8) is 0 Å². The minimum Gasteiger partial charge on any atom is -0.496 e. The molecule has 0 spiro atoms. The minimum absolute atomic E-state index is 0.00838. The summed E-state index contributed by atoms with van der Waals surface area (Å²) in [7, 11) is 3.15. The number of hydrogen-bond acceptors (Lipinski definition) is 5. The summed E-state index contributed by atoms with van der Waals surface area (Å²) in [6.45, 7) is 7.01. The molecule has 0 radical (unpaired) electrons. The van der Waals surface area contributed by atoms with Crippen LogP contribution in [-0.2, 0) is 16.1 Å². The molecule has 5 nitrogen and oxygen atoms in total. The second-order valence-corrected chi connectivity index (χ2v) is 8.03. The van der Waals surface area contributed by atoms with Crippen LogP contribution in [0.2, 0.25) is 0 Å². The topological polar surface area (TPSA) is 59.6 Å². The van der Waals surface area contributed by atoms with E-state index in [-0.39, 0.29) is 30.0 Å². The fraction of sp³-hybridized carbons (Fsp3) is 0.458. The van der Waals surface area contributed by atoms with E-state index in [4.69, 9.17) is 9.47 Å². The molecule has 29 heavy (non-hydrogen) atoms. The van der Waals surface area contributed by atoms with Crippen molar-refractivity contribution in [1.82, 2.24) is 10.6 Å². The third kappa shape index (κ3) is 4.62. The van der Waals surface area contributed by atoms with E-state index in [9.17, 15) is 4.79 Å². The lowest BCUT2D eigenvalue weighted by Crippen LogP contribution is -2.42. The first-order chi connectivity index (χ1) is 14.0. The molecule has 2 aromatic rings. The Hall–Kier alpha value is -2.37. The smallest absolute Gasteiger partial charge is 0.311 e. The number of rotatable bonds is 7. The highest BCUT2D eigenvalue weighted by Gasteiger charge is 2.45. The molecule has 4 atom stereocenters. The lowest BCUT2D eigenvalue weighted by Gasteiger charge is -2.25. The molecule has 1 fully saturated rings. The van der Waals surface area contributed by atoms with Gasteiger partial charge in [-0.25, -0.2) is 0 Å². The van der Waals surface area contributed by atoms with E-state index in [1.807, 2.05) is 31.2 Å². The summed E-state index contributed by atoms with van der Waals surface area (Å²) < 4.78 is 10.7. The maximum absolute atomic E-state index is 12.6. The summed E-state index contributed by atoms with van der Waals surface area (Å²) in [6, 6.07) is 16.5. The largest absolute Gasteiger partial charge is 0.496 e. The Labute approximate surface area is 173 Å². The van der Waals surface area contributed by atoms with Crippen LogP contribution in [0, 0.1) is 5.92 Å². The number of esters is 1. The summed E-state index contributed by atoms with van der Waals surface area (Å²) in [5, 5.41) is 7.23. The lowest BCUT2D eigenvalue weighted by atomic mass is 9.90. The van der Waals surface area contributed by atoms with Gasteiger partial charge in [0, 0.05) is 30.2 Å². The molecule has 5 heteroatoms. The molecule has 0 aliphatic carbocycles. The molecule has 0 aromatic heterocycles. The first kappa shape index (κ1) is 21.3. The molecule has 2 N–H and O–H groups in total. The van der Waals surface area contributed by atoms with Crippen LogP contribution in [0.4, 0.5) is 0 Å². The van der Waals surface area contributed by atoms with Crippen molar-refractivity contribution in [3.8, 4) is 5.75 Å². The first-order valence-corrected chi connectivity index (χ1v) is 10.2. The van der Waals surface area contributed by atoms with Crippen LogP contribution < -0.4 is 15.4 Å². The van der Waals surface area contributed by atoms with Gasteiger partial charge in [0.25, 0.3) is 0 Å². The summed E-state index contributed by atoms with van der Waals surface area (Å²) in [6.07, 6.45) is 0. The molecule has 0 bridgehead atoms. The number of ether oxygens (including phenoxy) is 2. The Morgan fingerprint density at radius 3 is 2.48 bits per heavy atom. The van der Waals surface area contributed by atoms with Gasteiger partial charge in [-0.05, 0) is 30.0 Å². The van der Waals surface area contributed by atoms with E-state index in [0.717, 1.165) is 16.9 Å². The lowest BCUT2D eigenvalue weighted by molar-refractivity contribution is -0.146. The Morgan fingerprint density at radius 2 is 1.86 bits per heavy atom. The Kier molecular flexibility index (Phi) is 6.93. The number of benzene rings is 2. The van der Waals surface area contributed by atoms with Crippen molar-refractivity contribution < 1.29 is 14.3 Å². The molecule has 156 valence electrons. The standard InChI is InChI=1S/C24H32N2O3/c1-15(2)18-11-12-20(28-4)19(13-18)14-25-23-21(24(27)29-5)16(3)26-22(23)17-9-7-6-8-10-17/h6-13,15-16,21-23,25-26H,14H2,1-5H3/t16-,21+,22+,23+/m1/s1. The van der Waals surface area contributed by atoms with E-state index < -0.39 is 0 Å². The van der Waals surface area contributed by atoms with Gasteiger partial charge in [0.2, 0.25) is 0 Å². The first-order valence-electron chi connectivity index (χ1n) is 10.2. The summed E-state index contributed by atoms with van der Waals surface area (Å²) >= 11 is 0. The molecule has 0 amide bonds. The van der Waals surface area contributed by atoms with Gasteiger partial charge in [0.15, 0.2) is 0 Å². The SMILES string of the molecule is COC(=O)[C@@H]1[C@H](NCc2cc(C(C)C)ccc2OC)[C@H](c2ccccc2)N[C@@H]1C. The number of carbonyl (C=O) groups is 1. The highest BCUT2D eigenvalue weighted by molar-refractivity contribution is 5.75. The van der Waals surface area contributed by atoms with Crippen LogP contribution in [0.25, 0.3) is 0 Å². The van der Waals surface area contributed by atoms with Crippen molar-refractivity contribution in [2.45, 2.75) is 51.4 Å². The van der Waals surface area contributed by atoms with Crippen molar-refractivity contribution in [1.29, 1.82) is 0 Å². The van der Waals surface area contributed by atoms with Gasteiger partial charge >= 0.3 is 5.97 Å². The van der Waals surface area contributed by atoms with E-state index in [1.54, 1.807) is 7.11 Å². The zero-order valence-corrected chi connectivity index (χ0v) is 17.9. The maximum atomic E-state index is 12.6. The third-order valence-corrected chi connectivity index (χ3v) is 5.86. The monoisotopic (exact) mass is 396 g/mol. The predicted octanol–water partition coefficient (Wildman–Crippen LogP) is 3.80. The molecular formula is C24H32N2O3. The highest BCUT2D eigenvalue weighted by Crippen LogP contribution is 2.33. The molecule has 3 rings (SSSR count). The normalized spacial score (nSPS) is 23.9. The van der Waals surface area contributed by atoms with Gasteiger partial charge in [0.1, 0.15) is 5.75 Å². The van der Waals surface area contributed by atoms with Crippen molar-refractivity contribution in [2.24, 2.45) is 5.92 Å². The van der Waals surface area contributed by atoms with Gasteiger partial charge in [-0.3, -0.25) is 4.79 Å². The van der Waals surface area contributed by atoms with Crippen LogP contribution in [0.1, 0.15) is 49.4 Å². The zero-order valence-electron chi connectivity index (χ0n) is 17.9. The summed E-state index contributed by atoms with van der Waals surface area (Å²) in [4.78, 5) is 12.6. The molecule has 1 aliphatic heterocycles.